The molecule has 2 heterocycles. The van der Waals surface area contributed by atoms with Crippen molar-refractivity contribution in [1.29, 1.82) is 0 Å². The highest BCUT2D eigenvalue weighted by Crippen LogP contribution is 2.38. The number of carbonyl (C=O) groups excluding carboxylic acids is 1. The number of rotatable bonds is 5. The minimum absolute atomic E-state index is 0.0190. The first kappa shape index (κ1) is 21.8. The first-order valence-electron chi connectivity index (χ1n) is 11.3. The zero-order valence-electron chi connectivity index (χ0n) is 17.8. The number of benzene rings is 1. The summed E-state index contributed by atoms with van der Waals surface area (Å²) in [5, 5.41) is 19.4. The maximum absolute atomic E-state index is 13.4. The van der Waals surface area contributed by atoms with E-state index in [0.717, 1.165) is 54.0 Å². The number of amides is 2. The van der Waals surface area contributed by atoms with Gasteiger partial charge in [0.05, 0.1) is 11.9 Å². The Bertz CT molecular complexity index is 1000. The van der Waals surface area contributed by atoms with E-state index in [2.05, 4.69) is 16.5 Å². The lowest BCUT2D eigenvalue weighted by Crippen LogP contribution is -3.14. The van der Waals surface area contributed by atoms with Crippen LogP contribution in [0.2, 0.25) is 0 Å². The Kier molecular flexibility index (Phi) is 5.93. The van der Waals surface area contributed by atoms with Crippen LogP contribution in [0, 0.1) is 5.21 Å². The molecule has 174 valence electrons. The summed E-state index contributed by atoms with van der Waals surface area (Å²) in [7, 11) is -4.58. The van der Waals surface area contributed by atoms with Crippen molar-refractivity contribution in [2.24, 2.45) is 5.16 Å². The molecule has 1 aromatic rings. The van der Waals surface area contributed by atoms with Crippen molar-refractivity contribution in [1.82, 2.24) is 4.31 Å². The molecule has 2 aliphatic heterocycles. The molecule has 2 unspecified atom stereocenters. The predicted molar refractivity (Wildman–Crippen MR) is 117 cm³/mol. The number of aryl methyl sites for hydroxylation is 2. The minimum Gasteiger partial charge on any atom is -0.608 e. The topological polar surface area (TPSA) is 125 Å². The summed E-state index contributed by atoms with van der Waals surface area (Å²) < 4.78 is 31.8. The third kappa shape index (κ3) is 3.81. The number of oxime groups is 1. The van der Waals surface area contributed by atoms with Crippen molar-refractivity contribution in [2.45, 2.75) is 63.5 Å². The van der Waals surface area contributed by atoms with Crippen LogP contribution in [0.1, 0.15) is 47.9 Å². The molecule has 2 aliphatic carbocycles. The molecule has 1 aromatic carbocycles. The van der Waals surface area contributed by atoms with Crippen LogP contribution in [-0.2, 0) is 45.5 Å². The number of carbonyl (C=O) groups is 1. The summed E-state index contributed by atoms with van der Waals surface area (Å²) >= 11 is 0. The molecular formula is C21H28N4O6S. The molecule has 32 heavy (non-hydrogen) atoms. The van der Waals surface area contributed by atoms with E-state index in [1.807, 2.05) is 0 Å². The number of quaternary nitrogens is 1. The van der Waals surface area contributed by atoms with E-state index < -0.39 is 32.8 Å². The average molecular weight is 465 g/mol. The van der Waals surface area contributed by atoms with E-state index in [1.54, 1.807) is 0 Å². The van der Waals surface area contributed by atoms with Crippen LogP contribution in [0.4, 0.5) is 10.5 Å². The highest BCUT2D eigenvalue weighted by molar-refractivity contribution is 7.83. The van der Waals surface area contributed by atoms with E-state index in [9.17, 15) is 18.4 Å². The zero-order chi connectivity index (χ0) is 22.3. The van der Waals surface area contributed by atoms with Gasteiger partial charge in [-0.15, -0.1) is 4.31 Å². The summed E-state index contributed by atoms with van der Waals surface area (Å²) in [4.78, 5) is 18.0. The smallest absolute Gasteiger partial charge is 0.435 e. The van der Waals surface area contributed by atoms with Gasteiger partial charge < -0.3 is 14.8 Å². The van der Waals surface area contributed by atoms with E-state index in [4.69, 9.17) is 9.57 Å². The van der Waals surface area contributed by atoms with Gasteiger partial charge in [0.25, 0.3) is 0 Å². The van der Waals surface area contributed by atoms with Crippen LogP contribution < -0.4 is 9.79 Å². The summed E-state index contributed by atoms with van der Waals surface area (Å²) in [6, 6.07) is -0.0585. The van der Waals surface area contributed by atoms with E-state index in [0.29, 0.717) is 31.7 Å². The Labute approximate surface area is 187 Å². The molecule has 2 atom stereocenters. The van der Waals surface area contributed by atoms with Crippen LogP contribution in [0.5, 0.6) is 0 Å². The van der Waals surface area contributed by atoms with Crippen LogP contribution in [0.15, 0.2) is 11.2 Å². The highest BCUT2D eigenvalue weighted by atomic mass is 32.2. The number of nitrogens with one attached hydrogen (secondary N) is 2. The molecule has 10 nitrogen and oxygen atoms in total. The molecule has 4 aliphatic rings. The molecule has 0 saturated carbocycles. The molecule has 0 radical (unpaired) electrons. The fraction of sp³-hybridized carbons (Fsp3) is 0.619. The molecule has 0 spiro atoms. The summed E-state index contributed by atoms with van der Waals surface area (Å²) in [6.45, 7) is 0.805. The van der Waals surface area contributed by atoms with Gasteiger partial charge in [-0.3, -0.25) is 5.32 Å². The minimum atomic E-state index is -4.58. The molecule has 1 saturated heterocycles. The molecule has 1 fully saturated rings. The van der Waals surface area contributed by atoms with Gasteiger partial charge in [-0.2, -0.15) is 12.9 Å². The normalized spacial score (nSPS) is 23.8. The van der Waals surface area contributed by atoms with Gasteiger partial charge in [0.15, 0.2) is 0 Å². The quantitative estimate of drug-likeness (QED) is 0.618. The molecule has 5 rings (SSSR count). The second-order valence-corrected chi connectivity index (χ2v) is 10.5. The third-order valence-corrected chi connectivity index (χ3v) is 8.62. The second-order valence-electron chi connectivity index (χ2n) is 8.77. The Hall–Kier alpha value is -2.05. The van der Waals surface area contributed by atoms with Gasteiger partial charge in [-0.1, -0.05) is 11.2 Å². The Morgan fingerprint density at radius 2 is 1.78 bits per heavy atom. The van der Waals surface area contributed by atoms with Gasteiger partial charge >= 0.3 is 16.2 Å². The zero-order valence-corrected chi connectivity index (χ0v) is 18.7. The highest BCUT2D eigenvalue weighted by Gasteiger charge is 2.44. The van der Waals surface area contributed by atoms with Crippen molar-refractivity contribution in [3.05, 3.63) is 33.5 Å². The summed E-state index contributed by atoms with van der Waals surface area (Å²) in [5.41, 5.74) is 5.13. The van der Waals surface area contributed by atoms with Gasteiger partial charge in [-0.05, 0) is 73.6 Å². The lowest BCUT2D eigenvalue weighted by atomic mass is 9.99. The maximum atomic E-state index is 13.4. The average Bonchev–Trinajstić information content (AvgIpc) is 3.55. The lowest BCUT2D eigenvalue weighted by Gasteiger charge is -2.36. The summed E-state index contributed by atoms with van der Waals surface area (Å²) in [5.74, 6) is 0. The molecule has 2 N–H and O–H groups in total. The monoisotopic (exact) mass is 464 g/mol. The number of hydroxylamine groups is 1. The van der Waals surface area contributed by atoms with Gasteiger partial charge in [-0.25, -0.2) is 4.79 Å². The van der Waals surface area contributed by atoms with Gasteiger partial charge in [0, 0.05) is 19.3 Å². The van der Waals surface area contributed by atoms with Crippen molar-refractivity contribution in [3.63, 3.8) is 0 Å². The van der Waals surface area contributed by atoms with Crippen molar-refractivity contribution in [3.8, 4) is 0 Å². The van der Waals surface area contributed by atoms with Crippen LogP contribution in [-0.4, -0.2) is 56.9 Å². The van der Waals surface area contributed by atoms with Crippen molar-refractivity contribution < 1.29 is 27.3 Å². The standard InChI is InChI=1S/C21H28N4O6S/c26-21(23-20-18-5-1-3-14(18)11-15-4-2-6-19(15)20)25(27)32(28,29)24(17-12-22-31-13-17)16-7-9-30-10-8-16/h11-12,16-17,25H,1-10,13H2,(H,23,26). The molecule has 11 heteroatoms. The van der Waals surface area contributed by atoms with E-state index in [-0.39, 0.29) is 6.61 Å². The molecule has 0 bridgehead atoms. The van der Waals surface area contributed by atoms with E-state index >= 15 is 0 Å². The lowest BCUT2D eigenvalue weighted by molar-refractivity contribution is -0.608. The Balaban J connectivity index is 1.42. The van der Waals surface area contributed by atoms with Crippen LogP contribution in [0.3, 0.4) is 0 Å². The Morgan fingerprint density at radius 1 is 1.12 bits per heavy atom. The number of urea groups is 1. The number of ether oxygens (including phenoxy) is 1. The fourth-order valence-corrected chi connectivity index (χ4v) is 6.90. The van der Waals surface area contributed by atoms with Crippen molar-refractivity contribution >= 4 is 28.1 Å². The number of hydrogen-bond donors (Lipinski definition) is 2. The van der Waals surface area contributed by atoms with Crippen LogP contribution in [0.25, 0.3) is 0 Å². The Morgan fingerprint density at radius 3 is 2.38 bits per heavy atom. The molecule has 0 aromatic heterocycles. The van der Waals surface area contributed by atoms with Gasteiger partial charge in [0.1, 0.15) is 12.6 Å². The second kappa shape index (κ2) is 8.71. The molecular weight excluding hydrogens is 436 g/mol. The predicted octanol–water partition coefficient (Wildman–Crippen LogP) is 0.689. The third-order valence-electron chi connectivity index (χ3n) is 6.84. The largest absolute Gasteiger partial charge is 0.608 e. The number of anilines is 1. The number of fused-ring (bicyclic) bond motifs is 2. The maximum Gasteiger partial charge on any atom is 0.435 e. The first-order chi connectivity index (χ1) is 15.5. The SMILES string of the molecule is O=C(Nc1c2c(cc3c1CCC3)CCC2)[NH+]([O-])S(=O)(=O)N(C1C=NOC1)C1CCOCC1. The summed E-state index contributed by atoms with van der Waals surface area (Å²) in [6.07, 6.45) is 7.77. The fourth-order valence-electron chi connectivity index (χ4n) is 5.34. The van der Waals surface area contributed by atoms with Gasteiger partial charge in [0.2, 0.25) is 0 Å². The molecule has 2 amide bonds. The van der Waals surface area contributed by atoms with E-state index in [1.165, 1.54) is 17.3 Å². The van der Waals surface area contributed by atoms with Crippen molar-refractivity contribution in [2.75, 3.05) is 25.1 Å². The van der Waals surface area contributed by atoms with Crippen LogP contribution >= 0.6 is 0 Å². The first-order valence-corrected chi connectivity index (χ1v) is 12.7. The number of hydrogen-bond acceptors (Lipinski definition) is 7. The number of nitrogens with zero attached hydrogens (tertiary/aromatic N) is 2.